The molecule has 0 aliphatic heterocycles. The van der Waals surface area contributed by atoms with E-state index in [4.69, 9.17) is 0 Å². The van der Waals surface area contributed by atoms with Crippen LogP contribution >= 0.6 is 0 Å². The molecule has 0 spiro atoms. The Morgan fingerprint density at radius 1 is 1.19 bits per heavy atom. The SMILES string of the molecule is CNc1nc(NCCCn2ccnn2)c2ccccc2n1. The Bertz CT molecular complexity index is 708. The zero-order valence-electron chi connectivity index (χ0n) is 11.8. The van der Waals surface area contributed by atoms with E-state index in [9.17, 15) is 0 Å². The molecule has 0 saturated carbocycles. The molecule has 2 aromatic heterocycles. The van der Waals surface area contributed by atoms with Crippen molar-refractivity contribution in [1.29, 1.82) is 0 Å². The summed E-state index contributed by atoms with van der Waals surface area (Å²) in [6.45, 7) is 1.64. The standard InChI is InChI=1S/C14H17N7/c1-15-14-18-12-6-3-2-5-11(12)13(19-14)16-7-4-9-21-10-8-17-20-21/h2-3,5-6,8,10H,4,7,9H2,1H3,(H2,15,16,18,19). The van der Waals surface area contributed by atoms with E-state index in [2.05, 4.69) is 30.9 Å². The van der Waals surface area contributed by atoms with Crippen molar-refractivity contribution in [3.8, 4) is 0 Å². The van der Waals surface area contributed by atoms with Crippen LogP contribution in [0.2, 0.25) is 0 Å². The Morgan fingerprint density at radius 2 is 2.10 bits per heavy atom. The number of anilines is 2. The zero-order chi connectivity index (χ0) is 14.5. The lowest BCUT2D eigenvalue weighted by Crippen LogP contribution is -2.10. The van der Waals surface area contributed by atoms with Crippen molar-refractivity contribution in [3.05, 3.63) is 36.7 Å². The normalized spacial score (nSPS) is 10.7. The predicted molar refractivity (Wildman–Crippen MR) is 82.2 cm³/mol. The van der Waals surface area contributed by atoms with E-state index in [-0.39, 0.29) is 0 Å². The Hall–Kier alpha value is -2.70. The zero-order valence-corrected chi connectivity index (χ0v) is 11.8. The van der Waals surface area contributed by atoms with E-state index < -0.39 is 0 Å². The van der Waals surface area contributed by atoms with E-state index in [1.54, 1.807) is 6.20 Å². The number of fused-ring (bicyclic) bond motifs is 1. The lowest BCUT2D eigenvalue weighted by Gasteiger charge is -2.10. The fraction of sp³-hybridized carbons (Fsp3) is 0.286. The van der Waals surface area contributed by atoms with Crippen LogP contribution in [-0.2, 0) is 6.54 Å². The van der Waals surface area contributed by atoms with Gasteiger partial charge in [0.25, 0.3) is 0 Å². The number of benzene rings is 1. The third-order valence-corrected chi connectivity index (χ3v) is 3.16. The fourth-order valence-corrected chi connectivity index (χ4v) is 2.12. The highest BCUT2D eigenvalue weighted by molar-refractivity contribution is 5.89. The summed E-state index contributed by atoms with van der Waals surface area (Å²) in [6, 6.07) is 7.97. The molecular formula is C14H17N7. The molecule has 0 fully saturated rings. The first-order valence-corrected chi connectivity index (χ1v) is 6.89. The van der Waals surface area contributed by atoms with Crippen LogP contribution in [0.25, 0.3) is 10.9 Å². The molecule has 7 heteroatoms. The Morgan fingerprint density at radius 3 is 2.90 bits per heavy atom. The van der Waals surface area contributed by atoms with Gasteiger partial charge in [-0.1, -0.05) is 17.3 Å². The molecule has 2 N–H and O–H groups in total. The number of aryl methyl sites for hydroxylation is 1. The van der Waals surface area contributed by atoms with Crippen LogP contribution in [0.15, 0.2) is 36.7 Å². The number of rotatable bonds is 6. The van der Waals surface area contributed by atoms with Crippen molar-refractivity contribution in [2.24, 2.45) is 0 Å². The monoisotopic (exact) mass is 283 g/mol. The lowest BCUT2D eigenvalue weighted by molar-refractivity contribution is 0.569. The molecule has 0 saturated heterocycles. The van der Waals surface area contributed by atoms with Crippen LogP contribution in [0.3, 0.4) is 0 Å². The molecular weight excluding hydrogens is 266 g/mol. The van der Waals surface area contributed by atoms with E-state index in [1.807, 2.05) is 42.2 Å². The van der Waals surface area contributed by atoms with Gasteiger partial charge in [-0.3, -0.25) is 4.68 Å². The third kappa shape index (κ3) is 3.07. The largest absolute Gasteiger partial charge is 0.369 e. The topological polar surface area (TPSA) is 80.5 Å². The van der Waals surface area contributed by atoms with Gasteiger partial charge in [0.1, 0.15) is 5.82 Å². The van der Waals surface area contributed by atoms with Gasteiger partial charge >= 0.3 is 0 Å². The molecule has 0 unspecified atom stereocenters. The summed E-state index contributed by atoms with van der Waals surface area (Å²) in [4.78, 5) is 8.92. The van der Waals surface area contributed by atoms with Crippen molar-refractivity contribution < 1.29 is 0 Å². The summed E-state index contributed by atoms with van der Waals surface area (Å²) in [5, 5.41) is 15.1. The van der Waals surface area contributed by atoms with E-state index in [0.717, 1.165) is 36.2 Å². The highest BCUT2D eigenvalue weighted by Gasteiger charge is 2.05. The predicted octanol–water partition coefficient (Wildman–Crippen LogP) is 1.77. The minimum atomic E-state index is 0.618. The van der Waals surface area contributed by atoms with Gasteiger partial charge in [-0.2, -0.15) is 4.98 Å². The van der Waals surface area contributed by atoms with Crippen molar-refractivity contribution in [2.75, 3.05) is 24.2 Å². The van der Waals surface area contributed by atoms with Gasteiger partial charge < -0.3 is 10.6 Å². The van der Waals surface area contributed by atoms with Crippen LogP contribution < -0.4 is 10.6 Å². The molecule has 2 heterocycles. The summed E-state index contributed by atoms with van der Waals surface area (Å²) in [5.41, 5.74) is 0.927. The summed E-state index contributed by atoms with van der Waals surface area (Å²) in [5.74, 6) is 1.47. The van der Waals surface area contributed by atoms with Gasteiger partial charge in [0.05, 0.1) is 11.7 Å². The number of para-hydroxylation sites is 1. The summed E-state index contributed by atoms with van der Waals surface area (Å²) >= 11 is 0. The average molecular weight is 283 g/mol. The van der Waals surface area contributed by atoms with E-state index in [1.165, 1.54) is 0 Å². The van der Waals surface area contributed by atoms with E-state index >= 15 is 0 Å². The van der Waals surface area contributed by atoms with Crippen LogP contribution in [-0.4, -0.2) is 38.6 Å². The second-order valence-electron chi connectivity index (χ2n) is 4.61. The molecule has 0 aliphatic carbocycles. The number of hydrogen-bond acceptors (Lipinski definition) is 6. The molecule has 3 aromatic rings. The second kappa shape index (κ2) is 6.17. The lowest BCUT2D eigenvalue weighted by atomic mass is 10.2. The quantitative estimate of drug-likeness (QED) is 0.671. The highest BCUT2D eigenvalue weighted by atomic mass is 15.4. The first-order chi connectivity index (χ1) is 10.4. The second-order valence-corrected chi connectivity index (χ2v) is 4.61. The number of nitrogens with one attached hydrogen (secondary N) is 2. The maximum Gasteiger partial charge on any atom is 0.224 e. The Labute approximate surface area is 122 Å². The van der Waals surface area contributed by atoms with Crippen LogP contribution in [0, 0.1) is 0 Å². The average Bonchev–Trinajstić information content (AvgIpc) is 3.04. The maximum atomic E-state index is 4.49. The molecule has 0 aliphatic rings. The smallest absolute Gasteiger partial charge is 0.224 e. The number of hydrogen-bond donors (Lipinski definition) is 2. The molecule has 7 nitrogen and oxygen atoms in total. The minimum absolute atomic E-state index is 0.618. The Balaban J connectivity index is 1.70. The number of nitrogens with zero attached hydrogens (tertiary/aromatic N) is 5. The Kier molecular flexibility index (Phi) is 3.90. The van der Waals surface area contributed by atoms with Gasteiger partial charge in [-0.15, -0.1) is 5.10 Å². The summed E-state index contributed by atoms with van der Waals surface area (Å²) < 4.78 is 1.82. The van der Waals surface area contributed by atoms with Crippen LogP contribution in [0.1, 0.15) is 6.42 Å². The van der Waals surface area contributed by atoms with Crippen molar-refractivity contribution >= 4 is 22.7 Å². The molecule has 0 amide bonds. The van der Waals surface area contributed by atoms with Crippen molar-refractivity contribution in [2.45, 2.75) is 13.0 Å². The molecule has 0 atom stereocenters. The van der Waals surface area contributed by atoms with Crippen molar-refractivity contribution in [3.63, 3.8) is 0 Å². The fourth-order valence-electron chi connectivity index (χ4n) is 2.12. The molecule has 108 valence electrons. The minimum Gasteiger partial charge on any atom is -0.369 e. The van der Waals surface area contributed by atoms with Gasteiger partial charge in [-0.25, -0.2) is 4.98 Å². The molecule has 0 bridgehead atoms. The molecule has 0 radical (unpaired) electrons. The van der Waals surface area contributed by atoms with Gasteiger partial charge in [0, 0.05) is 31.7 Å². The first kappa shape index (κ1) is 13.3. The first-order valence-electron chi connectivity index (χ1n) is 6.89. The van der Waals surface area contributed by atoms with E-state index in [0.29, 0.717) is 5.95 Å². The van der Waals surface area contributed by atoms with Gasteiger partial charge in [-0.05, 0) is 18.6 Å². The number of aromatic nitrogens is 5. The van der Waals surface area contributed by atoms with Gasteiger partial charge in [0.15, 0.2) is 0 Å². The third-order valence-electron chi connectivity index (χ3n) is 3.16. The van der Waals surface area contributed by atoms with Gasteiger partial charge in [0.2, 0.25) is 5.95 Å². The highest BCUT2D eigenvalue weighted by Crippen LogP contribution is 2.21. The van der Waals surface area contributed by atoms with Crippen LogP contribution in [0.4, 0.5) is 11.8 Å². The molecule has 21 heavy (non-hydrogen) atoms. The summed E-state index contributed by atoms with van der Waals surface area (Å²) in [7, 11) is 1.82. The van der Waals surface area contributed by atoms with Crippen LogP contribution in [0.5, 0.6) is 0 Å². The summed E-state index contributed by atoms with van der Waals surface area (Å²) in [6.07, 6.45) is 4.49. The molecule has 3 rings (SSSR count). The molecule has 1 aromatic carbocycles. The van der Waals surface area contributed by atoms with Crippen molar-refractivity contribution in [1.82, 2.24) is 25.0 Å². The maximum absolute atomic E-state index is 4.49.